The van der Waals surface area contributed by atoms with Crippen molar-refractivity contribution in [3.63, 3.8) is 0 Å². The molecular formula is C18H10Cl2N2O5S2. The first-order valence-electron chi connectivity index (χ1n) is 7.84. The highest BCUT2D eigenvalue weighted by atomic mass is 35.5. The Bertz CT molecular complexity index is 1100. The van der Waals surface area contributed by atoms with Crippen molar-refractivity contribution in [3.05, 3.63) is 90.9 Å². The molecule has 0 aliphatic rings. The first-order chi connectivity index (χ1) is 13.8. The van der Waals surface area contributed by atoms with Crippen molar-refractivity contribution in [1.29, 1.82) is 0 Å². The zero-order chi connectivity index (χ0) is 21.1. The van der Waals surface area contributed by atoms with Gasteiger partial charge in [-0.2, -0.15) is 0 Å². The summed E-state index contributed by atoms with van der Waals surface area (Å²) in [5.74, 6) is 0. The van der Waals surface area contributed by atoms with Crippen molar-refractivity contribution in [1.82, 2.24) is 0 Å². The summed E-state index contributed by atoms with van der Waals surface area (Å²) in [7, 11) is 0. The average molecular weight is 469 g/mol. The Kier molecular flexibility index (Phi) is 6.66. The van der Waals surface area contributed by atoms with Crippen LogP contribution in [0.1, 0.15) is 0 Å². The molecule has 29 heavy (non-hydrogen) atoms. The number of nitro benzene ring substituents is 2. The first-order valence-corrected chi connectivity index (χ1v) is 10.6. The van der Waals surface area contributed by atoms with Gasteiger partial charge in [-0.1, -0.05) is 35.0 Å². The second-order valence-corrected chi connectivity index (χ2v) is 9.02. The summed E-state index contributed by atoms with van der Waals surface area (Å²) in [4.78, 5) is 22.9. The summed E-state index contributed by atoms with van der Waals surface area (Å²) in [5, 5.41) is 22.0. The zero-order valence-electron chi connectivity index (χ0n) is 14.3. The van der Waals surface area contributed by atoms with E-state index in [1.54, 1.807) is 30.3 Å². The van der Waals surface area contributed by atoms with Crippen molar-refractivity contribution in [2.75, 3.05) is 0 Å². The minimum Gasteiger partial charge on any atom is -0.606 e. The lowest BCUT2D eigenvalue weighted by molar-refractivity contribution is -0.385. The molecule has 0 aromatic heterocycles. The van der Waals surface area contributed by atoms with Crippen LogP contribution in [0.3, 0.4) is 0 Å². The highest BCUT2D eigenvalue weighted by molar-refractivity contribution is 7.99. The molecule has 1 atom stereocenters. The number of hydrogen-bond donors (Lipinski definition) is 0. The van der Waals surface area contributed by atoms with E-state index in [0.717, 1.165) is 4.90 Å². The molecular weight excluding hydrogens is 459 g/mol. The fraction of sp³-hybridized carbons (Fsp3) is 0. The molecule has 0 aliphatic heterocycles. The molecule has 7 nitrogen and oxygen atoms in total. The molecule has 0 N–H and O–H groups in total. The normalized spacial score (nSPS) is 11.8. The Balaban J connectivity index is 1.80. The molecule has 11 heteroatoms. The summed E-state index contributed by atoms with van der Waals surface area (Å²) in [6.45, 7) is 0. The maximum absolute atomic E-state index is 12.7. The number of benzene rings is 3. The van der Waals surface area contributed by atoms with Crippen LogP contribution >= 0.6 is 35.0 Å². The van der Waals surface area contributed by atoms with E-state index in [-0.39, 0.29) is 26.3 Å². The highest BCUT2D eigenvalue weighted by Crippen LogP contribution is 2.35. The van der Waals surface area contributed by atoms with Gasteiger partial charge in [0.1, 0.15) is 10.0 Å². The molecule has 3 aromatic rings. The van der Waals surface area contributed by atoms with Crippen LogP contribution in [0.5, 0.6) is 0 Å². The Labute approximate surface area is 182 Å². The van der Waals surface area contributed by atoms with Gasteiger partial charge in [-0.25, -0.2) is 0 Å². The van der Waals surface area contributed by atoms with Gasteiger partial charge >= 0.3 is 0 Å². The van der Waals surface area contributed by atoms with E-state index in [4.69, 9.17) is 23.2 Å². The van der Waals surface area contributed by atoms with Gasteiger partial charge in [-0.15, -0.1) is 0 Å². The monoisotopic (exact) mass is 468 g/mol. The molecule has 0 fully saturated rings. The molecule has 0 bridgehead atoms. The van der Waals surface area contributed by atoms with Gasteiger partial charge in [0.2, 0.25) is 0 Å². The SMILES string of the molecule is O=[N+]([O-])c1cc(Sc2ccc([S+]([O-])c3ccc(Cl)c([N+](=O)[O-])c3)cc2)ccc1Cl. The summed E-state index contributed by atoms with van der Waals surface area (Å²) < 4.78 is 12.7. The Morgan fingerprint density at radius 2 is 1.21 bits per heavy atom. The molecule has 3 rings (SSSR count). The third kappa shape index (κ3) is 5.01. The molecule has 148 valence electrons. The molecule has 0 amide bonds. The van der Waals surface area contributed by atoms with Gasteiger partial charge in [0.15, 0.2) is 9.79 Å². The van der Waals surface area contributed by atoms with Crippen LogP contribution in [-0.4, -0.2) is 14.4 Å². The van der Waals surface area contributed by atoms with E-state index in [0.29, 0.717) is 9.79 Å². The van der Waals surface area contributed by atoms with Crippen LogP contribution in [0.15, 0.2) is 80.2 Å². The van der Waals surface area contributed by atoms with E-state index < -0.39 is 21.0 Å². The van der Waals surface area contributed by atoms with Crippen LogP contribution in [-0.2, 0) is 11.2 Å². The van der Waals surface area contributed by atoms with Crippen LogP contribution in [0.25, 0.3) is 0 Å². The lowest BCUT2D eigenvalue weighted by atomic mass is 10.3. The minimum absolute atomic E-state index is 0.0282. The maximum atomic E-state index is 12.7. The largest absolute Gasteiger partial charge is 0.606 e. The predicted octanol–water partition coefficient (Wildman–Crippen LogP) is 6.13. The zero-order valence-corrected chi connectivity index (χ0v) is 17.4. The van der Waals surface area contributed by atoms with Crippen molar-refractivity contribution < 1.29 is 14.4 Å². The standard InChI is InChI=1S/C18H10Cl2N2O5S2/c19-15-7-3-12(9-17(15)21(23)24)28-11-1-4-13(5-2-11)29(27)14-6-8-16(20)18(10-14)22(25)26/h1-10H. The van der Waals surface area contributed by atoms with Crippen LogP contribution < -0.4 is 0 Å². The van der Waals surface area contributed by atoms with Gasteiger partial charge < -0.3 is 4.55 Å². The second-order valence-electron chi connectivity index (χ2n) is 5.58. The lowest BCUT2D eigenvalue weighted by Crippen LogP contribution is -2.03. The summed E-state index contributed by atoms with van der Waals surface area (Å²) in [6, 6.07) is 15.2. The summed E-state index contributed by atoms with van der Waals surface area (Å²) >= 11 is 11.3. The van der Waals surface area contributed by atoms with E-state index in [9.17, 15) is 24.8 Å². The van der Waals surface area contributed by atoms with Gasteiger partial charge in [-0.3, -0.25) is 20.2 Å². The summed E-state index contributed by atoms with van der Waals surface area (Å²) in [5.41, 5.74) is -0.493. The van der Waals surface area contributed by atoms with E-state index in [1.165, 1.54) is 42.1 Å². The van der Waals surface area contributed by atoms with Crippen LogP contribution in [0.2, 0.25) is 10.0 Å². The number of rotatable bonds is 6. The van der Waals surface area contributed by atoms with Crippen molar-refractivity contribution in [3.8, 4) is 0 Å². The molecule has 0 spiro atoms. The second kappa shape index (κ2) is 9.02. The quantitative estimate of drug-likeness (QED) is 0.244. The molecule has 0 radical (unpaired) electrons. The van der Waals surface area contributed by atoms with E-state index >= 15 is 0 Å². The van der Waals surface area contributed by atoms with Crippen molar-refractivity contribution >= 4 is 57.5 Å². The average Bonchev–Trinajstić information content (AvgIpc) is 2.69. The Morgan fingerprint density at radius 3 is 1.79 bits per heavy atom. The molecule has 1 unspecified atom stereocenters. The first kappa shape index (κ1) is 21.4. The highest BCUT2D eigenvalue weighted by Gasteiger charge is 2.21. The fourth-order valence-corrected chi connectivity index (χ4v) is 4.64. The molecule has 3 aromatic carbocycles. The number of halogens is 2. The van der Waals surface area contributed by atoms with Gasteiger partial charge in [0.25, 0.3) is 11.4 Å². The Hall–Kier alpha value is -2.30. The molecule has 0 saturated heterocycles. The fourth-order valence-electron chi connectivity index (χ4n) is 2.35. The third-order valence-corrected chi connectivity index (χ3v) is 6.74. The van der Waals surface area contributed by atoms with Crippen LogP contribution in [0, 0.1) is 20.2 Å². The molecule has 0 saturated carbocycles. The Morgan fingerprint density at radius 1 is 0.724 bits per heavy atom. The van der Waals surface area contributed by atoms with Gasteiger partial charge in [0.05, 0.1) is 15.9 Å². The predicted molar refractivity (Wildman–Crippen MR) is 111 cm³/mol. The van der Waals surface area contributed by atoms with Gasteiger partial charge in [-0.05, 0) is 48.5 Å². The number of hydrogen-bond acceptors (Lipinski definition) is 6. The minimum atomic E-state index is -1.63. The molecule has 0 heterocycles. The number of nitrogens with zero attached hydrogens (tertiary/aromatic N) is 2. The third-order valence-electron chi connectivity index (χ3n) is 3.72. The van der Waals surface area contributed by atoms with Gasteiger partial charge in [0, 0.05) is 27.0 Å². The van der Waals surface area contributed by atoms with Crippen molar-refractivity contribution in [2.45, 2.75) is 19.6 Å². The maximum Gasteiger partial charge on any atom is 0.292 e. The van der Waals surface area contributed by atoms with Crippen LogP contribution in [0.4, 0.5) is 11.4 Å². The van der Waals surface area contributed by atoms with E-state index in [2.05, 4.69) is 0 Å². The van der Waals surface area contributed by atoms with Crippen molar-refractivity contribution in [2.24, 2.45) is 0 Å². The number of nitro groups is 2. The topological polar surface area (TPSA) is 109 Å². The molecule has 0 aliphatic carbocycles. The smallest absolute Gasteiger partial charge is 0.292 e. The van der Waals surface area contributed by atoms with E-state index in [1.807, 2.05) is 0 Å². The summed E-state index contributed by atoms with van der Waals surface area (Å²) in [6.07, 6.45) is 0. The lowest BCUT2D eigenvalue weighted by Gasteiger charge is -2.10.